The highest BCUT2D eigenvalue weighted by molar-refractivity contribution is 6.53. The van der Waals surface area contributed by atoms with Crippen molar-refractivity contribution in [3.63, 3.8) is 0 Å². The Kier molecular flexibility index (Phi) is 7.68. The largest absolute Gasteiger partial charge is 0.485 e. The van der Waals surface area contributed by atoms with E-state index in [0.717, 1.165) is 21.2 Å². The molecule has 35 heavy (non-hydrogen) atoms. The van der Waals surface area contributed by atoms with E-state index in [1.165, 1.54) is 14.0 Å². The predicted octanol–water partition coefficient (Wildman–Crippen LogP) is 2.87. The molecule has 3 rings (SSSR count). The molecule has 4 N–H and O–H groups in total. The summed E-state index contributed by atoms with van der Waals surface area (Å²) < 4.78 is 5.27. The molecule has 0 spiro atoms. The maximum Gasteiger partial charge on any atom is 0.485 e. The molecule has 0 fully saturated rings. The van der Waals surface area contributed by atoms with Gasteiger partial charge in [0.2, 0.25) is 5.91 Å². The van der Waals surface area contributed by atoms with Gasteiger partial charge in [-0.3, -0.25) is 15.1 Å². The van der Waals surface area contributed by atoms with E-state index in [-0.39, 0.29) is 12.3 Å². The molecule has 0 aromatic heterocycles. The van der Waals surface area contributed by atoms with Crippen LogP contribution in [0.4, 0.5) is 4.79 Å². The molecule has 0 aliphatic heterocycles. The monoisotopic (exact) mass is 475 g/mol. The number of hydrogen-bond acceptors (Lipinski definition) is 6. The second-order valence-electron chi connectivity index (χ2n) is 9.55. The molecule has 182 valence electrons. The molecule has 1 aliphatic rings. The number of allylic oxidation sites excluding steroid dienone is 2. The summed E-state index contributed by atoms with van der Waals surface area (Å²) in [5.41, 5.74) is 0.982. The summed E-state index contributed by atoms with van der Waals surface area (Å²) in [6, 6.07) is 12.9. The fourth-order valence-electron chi connectivity index (χ4n) is 3.56. The summed E-state index contributed by atoms with van der Waals surface area (Å²) in [6.45, 7) is 6.73. The molecule has 1 aliphatic carbocycles. The van der Waals surface area contributed by atoms with E-state index in [9.17, 15) is 19.6 Å². The number of fused-ring (bicyclic) bond motifs is 1. The number of likely N-dealkylation sites (N-methyl/N-ethyl adjacent to an activating group) is 1. The Balaban J connectivity index is 1.60. The van der Waals surface area contributed by atoms with E-state index in [2.05, 4.69) is 17.2 Å². The van der Waals surface area contributed by atoms with Gasteiger partial charge in [0.1, 0.15) is 17.5 Å². The molecule has 0 saturated carbocycles. The van der Waals surface area contributed by atoms with E-state index in [0.29, 0.717) is 11.0 Å². The van der Waals surface area contributed by atoms with Gasteiger partial charge in [0.25, 0.3) is 0 Å². The minimum atomic E-state index is -1.68. The lowest BCUT2D eigenvalue weighted by atomic mass is 9.83. The molecule has 0 bridgehead atoms. The average molecular weight is 475 g/mol. The summed E-state index contributed by atoms with van der Waals surface area (Å²) in [4.78, 5) is 25.9. The predicted molar refractivity (Wildman–Crippen MR) is 135 cm³/mol. The van der Waals surface area contributed by atoms with Crippen molar-refractivity contribution < 1.29 is 24.4 Å². The van der Waals surface area contributed by atoms with Crippen molar-refractivity contribution in [2.45, 2.75) is 45.8 Å². The van der Waals surface area contributed by atoms with Crippen molar-refractivity contribution in [3.05, 3.63) is 59.1 Å². The third-order valence-corrected chi connectivity index (χ3v) is 5.64. The van der Waals surface area contributed by atoms with Crippen LogP contribution in [-0.4, -0.2) is 58.6 Å². The van der Waals surface area contributed by atoms with Crippen molar-refractivity contribution >= 4 is 35.7 Å². The summed E-state index contributed by atoms with van der Waals surface area (Å²) in [6.07, 6.45) is -0.587. The second-order valence-corrected chi connectivity index (χ2v) is 9.55. The van der Waals surface area contributed by atoms with Crippen molar-refractivity contribution in [2.24, 2.45) is 5.92 Å². The van der Waals surface area contributed by atoms with Gasteiger partial charge in [0.05, 0.1) is 0 Å². The Morgan fingerprint density at radius 1 is 1.17 bits per heavy atom. The SMILES string of the molecule is CC(C(=O)NC(=N)CC1C(C#Cc2ccc3ccccc3c2)=C1B(O)O)N(C)C(=O)OC(C)(C)C. The van der Waals surface area contributed by atoms with Crippen molar-refractivity contribution in [2.75, 3.05) is 7.05 Å². The molecule has 8 nitrogen and oxygen atoms in total. The summed E-state index contributed by atoms with van der Waals surface area (Å²) >= 11 is 0. The number of amidine groups is 1. The van der Waals surface area contributed by atoms with E-state index in [1.807, 2.05) is 42.5 Å². The Morgan fingerprint density at radius 3 is 2.46 bits per heavy atom. The zero-order chi connectivity index (χ0) is 25.9. The van der Waals surface area contributed by atoms with Crippen LogP contribution >= 0.6 is 0 Å². The average Bonchev–Trinajstić information content (AvgIpc) is 3.47. The van der Waals surface area contributed by atoms with Gasteiger partial charge < -0.3 is 20.1 Å². The van der Waals surface area contributed by atoms with Crippen LogP contribution in [0.1, 0.15) is 39.7 Å². The minimum absolute atomic E-state index is 0.0588. The normalized spacial score (nSPS) is 15.6. The van der Waals surface area contributed by atoms with Gasteiger partial charge in [-0.05, 0) is 56.1 Å². The smallest absolute Gasteiger partial charge is 0.444 e. The Morgan fingerprint density at radius 2 is 1.83 bits per heavy atom. The first kappa shape index (κ1) is 26.0. The number of carbonyl (C=O) groups excluding carboxylic acids is 2. The Bertz CT molecular complexity index is 1250. The topological polar surface area (TPSA) is 123 Å². The number of nitrogens with one attached hydrogen (secondary N) is 2. The van der Waals surface area contributed by atoms with Crippen molar-refractivity contribution in [3.8, 4) is 11.8 Å². The second kappa shape index (κ2) is 10.3. The molecular formula is C26H30BN3O5. The highest BCUT2D eigenvalue weighted by atomic mass is 16.6. The number of ether oxygens (including phenoxy) is 1. The maximum absolute atomic E-state index is 12.5. The van der Waals surface area contributed by atoms with Crippen molar-refractivity contribution in [1.82, 2.24) is 10.2 Å². The zero-order valence-electron chi connectivity index (χ0n) is 20.5. The Labute approximate surface area is 205 Å². The van der Waals surface area contributed by atoms with Crippen LogP contribution in [0.15, 0.2) is 53.5 Å². The molecule has 2 aromatic rings. The number of carbonyl (C=O) groups is 2. The highest BCUT2D eigenvalue weighted by Crippen LogP contribution is 2.42. The van der Waals surface area contributed by atoms with Gasteiger partial charge in [0.15, 0.2) is 0 Å². The van der Waals surface area contributed by atoms with Crippen LogP contribution in [0, 0.1) is 23.2 Å². The lowest BCUT2D eigenvalue weighted by molar-refractivity contribution is -0.124. The van der Waals surface area contributed by atoms with Gasteiger partial charge in [-0.15, -0.1) is 0 Å². The van der Waals surface area contributed by atoms with Crippen LogP contribution in [0.2, 0.25) is 0 Å². The quantitative estimate of drug-likeness (QED) is 0.229. The molecule has 2 aromatic carbocycles. The lowest BCUT2D eigenvalue weighted by Crippen LogP contribution is -2.48. The lowest BCUT2D eigenvalue weighted by Gasteiger charge is -2.28. The van der Waals surface area contributed by atoms with Gasteiger partial charge in [0, 0.05) is 30.5 Å². The fraction of sp³-hybridized carbons (Fsp3) is 0.346. The summed E-state index contributed by atoms with van der Waals surface area (Å²) in [7, 11) is -0.230. The molecule has 0 heterocycles. The van der Waals surface area contributed by atoms with E-state index >= 15 is 0 Å². The standard InChI is InChI=1S/C26H30BN3O5/c1-16(30(5)25(32)35-26(2,3)4)24(31)29-22(28)15-21-20(23(21)27(33)34)13-11-17-10-12-18-8-6-7-9-19(18)14-17/h6-10,12,14,16,21,33-34H,15H2,1-5H3,(H2,28,29,31). The first-order valence-electron chi connectivity index (χ1n) is 11.3. The molecule has 0 saturated heterocycles. The molecular weight excluding hydrogens is 445 g/mol. The first-order valence-corrected chi connectivity index (χ1v) is 11.3. The van der Waals surface area contributed by atoms with Crippen LogP contribution in [0.3, 0.4) is 0 Å². The van der Waals surface area contributed by atoms with Gasteiger partial charge in [-0.1, -0.05) is 42.2 Å². The summed E-state index contributed by atoms with van der Waals surface area (Å²) in [5, 5.41) is 32.2. The summed E-state index contributed by atoms with van der Waals surface area (Å²) in [5.74, 6) is 4.95. The number of nitrogens with zero attached hydrogens (tertiary/aromatic N) is 1. The molecule has 0 radical (unpaired) electrons. The zero-order valence-corrected chi connectivity index (χ0v) is 20.5. The van der Waals surface area contributed by atoms with Gasteiger partial charge >= 0.3 is 13.2 Å². The van der Waals surface area contributed by atoms with Gasteiger partial charge in [-0.25, -0.2) is 4.79 Å². The number of amides is 2. The van der Waals surface area contributed by atoms with Crippen LogP contribution in [0.25, 0.3) is 10.8 Å². The van der Waals surface area contributed by atoms with E-state index in [1.54, 1.807) is 20.8 Å². The number of benzene rings is 2. The van der Waals surface area contributed by atoms with E-state index in [4.69, 9.17) is 10.1 Å². The van der Waals surface area contributed by atoms with E-state index < -0.39 is 36.7 Å². The Hall–Kier alpha value is -3.61. The highest BCUT2D eigenvalue weighted by Gasteiger charge is 2.43. The first-order chi connectivity index (χ1) is 16.4. The molecule has 2 atom stereocenters. The minimum Gasteiger partial charge on any atom is -0.444 e. The maximum atomic E-state index is 12.5. The third-order valence-electron chi connectivity index (χ3n) is 5.64. The van der Waals surface area contributed by atoms with Crippen LogP contribution in [0.5, 0.6) is 0 Å². The molecule has 2 unspecified atom stereocenters. The van der Waals surface area contributed by atoms with Crippen LogP contribution in [-0.2, 0) is 9.53 Å². The fourth-order valence-corrected chi connectivity index (χ4v) is 3.56. The van der Waals surface area contributed by atoms with Crippen LogP contribution < -0.4 is 5.32 Å². The number of rotatable bonds is 5. The molecule has 9 heteroatoms. The van der Waals surface area contributed by atoms with Gasteiger partial charge in [-0.2, -0.15) is 0 Å². The third kappa shape index (κ3) is 6.72. The number of hydrogen-bond donors (Lipinski definition) is 4. The molecule has 2 amide bonds. The van der Waals surface area contributed by atoms with Crippen molar-refractivity contribution in [1.29, 1.82) is 5.41 Å².